The molecule has 0 aliphatic carbocycles. The zero-order valence-electron chi connectivity index (χ0n) is 15.5. The number of nitrogens with zero attached hydrogens (tertiary/aromatic N) is 1. The first-order valence-electron chi connectivity index (χ1n) is 8.67. The fourth-order valence-corrected chi connectivity index (χ4v) is 4.31. The molecule has 0 bridgehead atoms. The molecule has 0 spiro atoms. The average Bonchev–Trinajstić information content (AvgIpc) is 2.64. The lowest BCUT2D eigenvalue weighted by atomic mass is 10.2. The number of nitrogens with one attached hydrogen (secondary N) is 1. The van der Waals surface area contributed by atoms with Crippen LogP contribution in [0.1, 0.15) is 31.1 Å². The third-order valence-corrected chi connectivity index (χ3v) is 6.25. The Morgan fingerprint density at radius 1 is 1.07 bits per heavy atom. The molecule has 0 aliphatic heterocycles. The number of sulfonamides is 1. The molecule has 0 heterocycles. The van der Waals surface area contributed by atoms with Crippen LogP contribution in [0.3, 0.4) is 0 Å². The van der Waals surface area contributed by atoms with Crippen molar-refractivity contribution >= 4 is 33.2 Å². The molecule has 0 fully saturated rings. The van der Waals surface area contributed by atoms with Crippen molar-refractivity contribution in [2.75, 3.05) is 25.0 Å². The maximum atomic E-state index is 13.0. The monoisotopic (exact) mass is 410 g/mol. The standard InChI is InChI=1S/C19H23ClN2O4S/c1-4-22(5-2)27(24,25)18-13-16(11-12-17(18)26-6-3)21-19(23)14-7-9-15(20)10-8-14/h7-13H,4-6H2,1-3H3,(H,21,23). The molecule has 1 N–H and O–H groups in total. The number of carbonyl (C=O) groups is 1. The fraction of sp³-hybridized carbons (Fsp3) is 0.316. The van der Waals surface area contributed by atoms with Crippen LogP contribution in [0.4, 0.5) is 5.69 Å². The summed E-state index contributed by atoms with van der Waals surface area (Å²) in [7, 11) is -3.74. The molecule has 0 saturated heterocycles. The Kier molecular flexibility index (Phi) is 7.24. The van der Waals surface area contributed by atoms with Crippen molar-refractivity contribution in [2.24, 2.45) is 0 Å². The lowest BCUT2D eigenvalue weighted by Gasteiger charge is -2.21. The van der Waals surface area contributed by atoms with Gasteiger partial charge in [0.2, 0.25) is 10.0 Å². The maximum Gasteiger partial charge on any atom is 0.255 e. The van der Waals surface area contributed by atoms with Crippen LogP contribution in [0.2, 0.25) is 5.02 Å². The van der Waals surface area contributed by atoms with Gasteiger partial charge in [0.15, 0.2) is 0 Å². The van der Waals surface area contributed by atoms with E-state index in [2.05, 4.69) is 5.32 Å². The van der Waals surface area contributed by atoms with Gasteiger partial charge >= 0.3 is 0 Å². The Morgan fingerprint density at radius 3 is 2.26 bits per heavy atom. The Morgan fingerprint density at radius 2 is 1.70 bits per heavy atom. The number of benzene rings is 2. The highest BCUT2D eigenvalue weighted by Gasteiger charge is 2.26. The molecule has 6 nitrogen and oxygen atoms in total. The summed E-state index contributed by atoms with van der Waals surface area (Å²) in [5.74, 6) is -0.101. The molecule has 8 heteroatoms. The number of hydrogen-bond acceptors (Lipinski definition) is 4. The van der Waals surface area contributed by atoms with Crippen LogP contribution in [0.15, 0.2) is 47.4 Å². The molecule has 1 amide bonds. The van der Waals surface area contributed by atoms with Gasteiger partial charge in [0.05, 0.1) is 6.61 Å². The van der Waals surface area contributed by atoms with Crippen molar-refractivity contribution in [3.63, 3.8) is 0 Å². The molecule has 2 aromatic rings. The number of halogens is 1. The minimum Gasteiger partial charge on any atom is -0.492 e. The quantitative estimate of drug-likeness (QED) is 0.713. The normalized spacial score (nSPS) is 11.4. The van der Waals surface area contributed by atoms with Gasteiger partial charge in [-0.25, -0.2) is 8.42 Å². The smallest absolute Gasteiger partial charge is 0.255 e. The number of amides is 1. The highest BCUT2D eigenvalue weighted by molar-refractivity contribution is 7.89. The Labute approximate surface area is 165 Å². The van der Waals surface area contributed by atoms with Gasteiger partial charge in [0, 0.05) is 29.4 Å². The first-order chi connectivity index (χ1) is 12.8. The molecular weight excluding hydrogens is 388 g/mol. The van der Waals surface area contributed by atoms with Crippen LogP contribution in [-0.4, -0.2) is 38.3 Å². The summed E-state index contributed by atoms with van der Waals surface area (Å²) in [6.45, 7) is 6.33. The molecule has 2 rings (SSSR count). The highest BCUT2D eigenvalue weighted by atomic mass is 35.5. The van der Waals surface area contributed by atoms with Gasteiger partial charge in [-0.3, -0.25) is 4.79 Å². The average molecular weight is 411 g/mol. The largest absolute Gasteiger partial charge is 0.492 e. The molecule has 146 valence electrons. The highest BCUT2D eigenvalue weighted by Crippen LogP contribution is 2.30. The minimum absolute atomic E-state index is 0.0296. The predicted molar refractivity (Wildman–Crippen MR) is 107 cm³/mol. The van der Waals surface area contributed by atoms with Crippen LogP contribution in [0, 0.1) is 0 Å². The van der Waals surface area contributed by atoms with Crippen LogP contribution in [0.5, 0.6) is 5.75 Å². The number of rotatable bonds is 8. The van der Waals surface area contributed by atoms with Crippen molar-refractivity contribution in [2.45, 2.75) is 25.7 Å². The first-order valence-corrected chi connectivity index (χ1v) is 10.5. The van der Waals surface area contributed by atoms with Crippen molar-refractivity contribution in [3.05, 3.63) is 53.1 Å². The van der Waals surface area contributed by atoms with Gasteiger partial charge in [-0.2, -0.15) is 4.31 Å². The molecule has 0 aromatic heterocycles. The SMILES string of the molecule is CCOc1ccc(NC(=O)c2ccc(Cl)cc2)cc1S(=O)(=O)N(CC)CC. The minimum atomic E-state index is -3.74. The molecule has 0 saturated carbocycles. The Balaban J connectivity index is 2.39. The third-order valence-electron chi connectivity index (χ3n) is 3.93. The van der Waals surface area contributed by atoms with Gasteiger partial charge in [0.25, 0.3) is 5.91 Å². The Bertz CT molecular complexity index is 894. The first kappa shape index (κ1) is 21.2. The summed E-state index contributed by atoms with van der Waals surface area (Å²) < 4.78 is 32.7. The van der Waals surface area contributed by atoms with E-state index in [1.807, 2.05) is 0 Å². The molecule has 0 radical (unpaired) electrons. The number of carbonyl (C=O) groups excluding carboxylic acids is 1. The van der Waals surface area contributed by atoms with Gasteiger partial charge in [-0.1, -0.05) is 25.4 Å². The molecule has 2 aromatic carbocycles. The van der Waals surface area contributed by atoms with Crippen LogP contribution in [0.25, 0.3) is 0 Å². The zero-order valence-corrected chi connectivity index (χ0v) is 17.1. The van der Waals surface area contributed by atoms with Crippen LogP contribution < -0.4 is 10.1 Å². The van der Waals surface area contributed by atoms with Crippen molar-refractivity contribution in [1.29, 1.82) is 0 Å². The zero-order chi connectivity index (χ0) is 20.0. The van der Waals surface area contributed by atoms with E-state index in [1.54, 1.807) is 57.2 Å². The number of ether oxygens (including phenoxy) is 1. The van der Waals surface area contributed by atoms with E-state index in [4.69, 9.17) is 16.3 Å². The molecule has 0 atom stereocenters. The van der Waals surface area contributed by atoms with E-state index in [1.165, 1.54) is 10.4 Å². The summed E-state index contributed by atoms with van der Waals surface area (Å²) >= 11 is 5.83. The number of hydrogen-bond donors (Lipinski definition) is 1. The molecular formula is C19H23ClN2O4S. The van der Waals surface area contributed by atoms with E-state index in [-0.39, 0.29) is 16.6 Å². The second-order valence-electron chi connectivity index (χ2n) is 5.64. The fourth-order valence-electron chi connectivity index (χ4n) is 2.57. The van der Waals surface area contributed by atoms with Crippen molar-refractivity contribution < 1.29 is 17.9 Å². The second kappa shape index (κ2) is 9.21. The van der Waals surface area contributed by atoms with E-state index in [0.717, 1.165) is 0 Å². The topological polar surface area (TPSA) is 75.7 Å². The predicted octanol–water partition coefficient (Wildman–Crippen LogP) is 4.02. The van der Waals surface area contributed by atoms with Gasteiger partial charge in [-0.05, 0) is 49.4 Å². The summed E-state index contributed by atoms with van der Waals surface area (Å²) in [5, 5.41) is 3.24. The van der Waals surface area contributed by atoms with Crippen molar-refractivity contribution in [1.82, 2.24) is 4.31 Å². The summed E-state index contributed by atoms with van der Waals surface area (Å²) in [4.78, 5) is 12.4. The summed E-state index contributed by atoms with van der Waals surface area (Å²) in [6, 6.07) is 11.0. The van der Waals surface area contributed by atoms with Crippen molar-refractivity contribution in [3.8, 4) is 5.75 Å². The van der Waals surface area contributed by atoms with E-state index in [9.17, 15) is 13.2 Å². The van der Waals surface area contributed by atoms with Gasteiger partial charge in [0.1, 0.15) is 10.6 Å². The van der Waals surface area contributed by atoms with Crippen LogP contribution in [-0.2, 0) is 10.0 Å². The number of anilines is 1. The summed E-state index contributed by atoms with van der Waals surface area (Å²) in [5.41, 5.74) is 0.783. The second-order valence-corrected chi connectivity index (χ2v) is 7.99. The molecule has 0 aliphatic rings. The van der Waals surface area contributed by atoms with E-state index in [0.29, 0.717) is 36.0 Å². The third kappa shape index (κ3) is 5.00. The van der Waals surface area contributed by atoms with E-state index < -0.39 is 10.0 Å². The van der Waals surface area contributed by atoms with Crippen LogP contribution >= 0.6 is 11.6 Å². The van der Waals surface area contributed by atoms with Gasteiger partial charge < -0.3 is 10.1 Å². The summed E-state index contributed by atoms with van der Waals surface area (Å²) in [6.07, 6.45) is 0. The lowest BCUT2D eigenvalue weighted by molar-refractivity contribution is 0.102. The van der Waals surface area contributed by atoms with Gasteiger partial charge in [-0.15, -0.1) is 0 Å². The molecule has 27 heavy (non-hydrogen) atoms. The maximum absolute atomic E-state index is 13.0. The molecule has 0 unspecified atom stereocenters. The van der Waals surface area contributed by atoms with E-state index >= 15 is 0 Å². The lowest BCUT2D eigenvalue weighted by Crippen LogP contribution is -2.31. The Hall–Kier alpha value is -2.09.